The summed E-state index contributed by atoms with van der Waals surface area (Å²) < 4.78 is 5.36. The molecule has 1 aliphatic heterocycles. The van der Waals surface area contributed by atoms with Gasteiger partial charge in [0, 0.05) is 11.4 Å². The third-order valence-electron chi connectivity index (χ3n) is 3.92. The van der Waals surface area contributed by atoms with Crippen LogP contribution in [0.3, 0.4) is 0 Å². The number of hydrogen-bond acceptors (Lipinski definition) is 5. The zero-order chi connectivity index (χ0) is 20.6. The molecule has 2 aromatic carbocycles. The first-order chi connectivity index (χ1) is 14.0. The van der Waals surface area contributed by atoms with Crippen LogP contribution >= 0.6 is 0 Å². The maximum absolute atomic E-state index is 12.2. The summed E-state index contributed by atoms with van der Waals surface area (Å²) in [6.45, 7) is 2.46. The molecule has 0 bridgehead atoms. The molecule has 1 heterocycles. The minimum Gasteiger partial charge on any atom is -0.494 e. The van der Waals surface area contributed by atoms with Gasteiger partial charge in [0.05, 0.1) is 13.0 Å². The number of anilines is 2. The SMILES string of the molecule is CCOc1ccc(NC(=O)CC2N=C(/N=C(\N)Nc3ccccc3)NC2=O)cc1. The van der Waals surface area contributed by atoms with E-state index >= 15 is 0 Å². The van der Waals surface area contributed by atoms with E-state index in [-0.39, 0.29) is 24.2 Å². The number of nitrogens with two attached hydrogens (primary N) is 1. The molecule has 9 nitrogen and oxygen atoms in total. The number of benzene rings is 2. The highest BCUT2D eigenvalue weighted by Gasteiger charge is 2.28. The zero-order valence-corrected chi connectivity index (χ0v) is 15.9. The highest BCUT2D eigenvalue weighted by Crippen LogP contribution is 2.16. The molecule has 1 atom stereocenters. The van der Waals surface area contributed by atoms with E-state index < -0.39 is 11.9 Å². The molecule has 150 valence electrons. The van der Waals surface area contributed by atoms with Crippen molar-refractivity contribution < 1.29 is 14.3 Å². The van der Waals surface area contributed by atoms with Crippen LogP contribution in [-0.2, 0) is 9.59 Å². The highest BCUT2D eigenvalue weighted by atomic mass is 16.5. The predicted molar refractivity (Wildman–Crippen MR) is 112 cm³/mol. The molecule has 0 spiro atoms. The van der Waals surface area contributed by atoms with Gasteiger partial charge in [0.25, 0.3) is 5.91 Å². The molecular weight excluding hydrogens is 372 g/mol. The average Bonchev–Trinajstić information content (AvgIpc) is 3.02. The Bertz CT molecular complexity index is 925. The Labute approximate surface area is 168 Å². The van der Waals surface area contributed by atoms with Gasteiger partial charge in [0.1, 0.15) is 11.8 Å². The Hall–Kier alpha value is -3.88. The van der Waals surface area contributed by atoms with Gasteiger partial charge in [-0.3, -0.25) is 14.9 Å². The van der Waals surface area contributed by atoms with E-state index in [4.69, 9.17) is 10.5 Å². The number of nitrogens with zero attached hydrogens (tertiary/aromatic N) is 2. The van der Waals surface area contributed by atoms with Gasteiger partial charge < -0.3 is 21.1 Å². The Morgan fingerprint density at radius 1 is 1.14 bits per heavy atom. The molecule has 0 aliphatic carbocycles. The Kier molecular flexibility index (Phi) is 6.41. The normalized spacial score (nSPS) is 16.0. The molecule has 0 saturated heterocycles. The van der Waals surface area contributed by atoms with Gasteiger partial charge in [-0.2, -0.15) is 4.99 Å². The Balaban J connectivity index is 1.56. The zero-order valence-electron chi connectivity index (χ0n) is 15.9. The molecule has 0 saturated carbocycles. The van der Waals surface area contributed by atoms with Crippen molar-refractivity contribution in [1.82, 2.24) is 5.32 Å². The summed E-state index contributed by atoms with van der Waals surface area (Å²) in [6.07, 6.45) is -0.107. The molecule has 1 unspecified atom stereocenters. The molecule has 2 aromatic rings. The number of carbonyl (C=O) groups excluding carboxylic acids is 2. The lowest BCUT2D eigenvalue weighted by molar-refractivity contribution is -0.123. The summed E-state index contributed by atoms with van der Waals surface area (Å²) in [5, 5.41) is 8.14. The molecule has 29 heavy (non-hydrogen) atoms. The lowest BCUT2D eigenvalue weighted by atomic mass is 10.2. The number of ether oxygens (including phenoxy) is 1. The standard InChI is InChI=1S/C20H22N6O3/c1-2-29-15-10-8-14(9-11-15)22-17(27)12-16-18(28)25-20(24-16)26-19(21)23-13-6-4-3-5-7-13/h3-11,16H,2,12H2,1H3,(H,22,27)(H4,21,23,24,25,26,28). The maximum atomic E-state index is 12.2. The number of para-hydroxylation sites is 1. The molecule has 2 amide bonds. The van der Waals surface area contributed by atoms with E-state index in [0.717, 1.165) is 11.4 Å². The van der Waals surface area contributed by atoms with Crippen molar-refractivity contribution in [3.63, 3.8) is 0 Å². The van der Waals surface area contributed by atoms with E-state index in [1.165, 1.54) is 0 Å². The maximum Gasteiger partial charge on any atom is 0.252 e. The van der Waals surface area contributed by atoms with E-state index in [1.54, 1.807) is 24.3 Å². The van der Waals surface area contributed by atoms with E-state index in [2.05, 4.69) is 25.9 Å². The van der Waals surface area contributed by atoms with Gasteiger partial charge in [-0.15, -0.1) is 0 Å². The van der Waals surface area contributed by atoms with Crippen molar-refractivity contribution in [2.45, 2.75) is 19.4 Å². The van der Waals surface area contributed by atoms with Crippen molar-refractivity contribution in [2.75, 3.05) is 17.2 Å². The largest absolute Gasteiger partial charge is 0.494 e. The third-order valence-corrected chi connectivity index (χ3v) is 3.92. The molecule has 9 heteroatoms. The van der Waals surface area contributed by atoms with Crippen LogP contribution in [0.25, 0.3) is 0 Å². The average molecular weight is 394 g/mol. The van der Waals surface area contributed by atoms with Crippen molar-refractivity contribution in [2.24, 2.45) is 15.7 Å². The number of guanidine groups is 2. The lowest BCUT2D eigenvalue weighted by Crippen LogP contribution is -2.32. The van der Waals surface area contributed by atoms with Crippen LogP contribution in [-0.4, -0.2) is 36.4 Å². The van der Waals surface area contributed by atoms with Crippen LogP contribution in [0.2, 0.25) is 0 Å². The predicted octanol–water partition coefficient (Wildman–Crippen LogP) is 1.70. The fraction of sp³-hybridized carbons (Fsp3) is 0.200. The van der Waals surface area contributed by atoms with E-state index in [9.17, 15) is 9.59 Å². The van der Waals surface area contributed by atoms with Crippen LogP contribution in [0.15, 0.2) is 64.6 Å². The fourth-order valence-corrected chi connectivity index (χ4v) is 2.63. The first kappa shape index (κ1) is 19.9. The molecule has 1 aliphatic rings. The number of amides is 2. The lowest BCUT2D eigenvalue weighted by Gasteiger charge is -2.08. The van der Waals surface area contributed by atoms with Crippen LogP contribution in [0.4, 0.5) is 11.4 Å². The Morgan fingerprint density at radius 2 is 1.83 bits per heavy atom. The monoisotopic (exact) mass is 394 g/mol. The van der Waals surface area contributed by atoms with Crippen LogP contribution in [0.5, 0.6) is 5.75 Å². The molecule has 0 radical (unpaired) electrons. The van der Waals surface area contributed by atoms with Crippen molar-refractivity contribution in [1.29, 1.82) is 0 Å². The topological polar surface area (TPSA) is 130 Å². The number of nitrogens with one attached hydrogen (secondary N) is 3. The van der Waals surface area contributed by atoms with Gasteiger partial charge in [0.15, 0.2) is 0 Å². The van der Waals surface area contributed by atoms with Gasteiger partial charge in [-0.05, 0) is 43.3 Å². The summed E-state index contributed by atoms with van der Waals surface area (Å²) in [7, 11) is 0. The first-order valence-electron chi connectivity index (χ1n) is 9.11. The molecule has 3 rings (SSSR count). The van der Waals surface area contributed by atoms with Crippen LogP contribution in [0.1, 0.15) is 13.3 Å². The molecular formula is C20H22N6O3. The summed E-state index contributed by atoms with van der Waals surface area (Å²) >= 11 is 0. The third kappa shape index (κ3) is 5.80. The second-order valence-electron chi connectivity index (χ2n) is 6.16. The summed E-state index contributed by atoms with van der Waals surface area (Å²) in [5.41, 5.74) is 7.19. The van der Waals surface area contributed by atoms with Gasteiger partial charge in [0.2, 0.25) is 17.8 Å². The molecule has 5 N–H and O–H groups in total. The smallest absolute Gasteiger partial charge is 0.252 e. The number of carbonyl (C=O) groups is 2. The minimum absolute atomic E-state index is 0.0646. The highest BCUT2D eigenvalue weighted by molar-refractivity contribution is 6.11. The first-order valence-corrected chi connectivity index (χ1v) is 9.11. The van der Waals surface area contributed by atoms with Gasteiger partial charge >= 0.3 is 0 Å². The summed E-state index contributed by atoms with van der Waals surface area (Å²) in [6, 6.07) is 15.3. The molecule has 0 fully saturated rings. The minimum atomic E-state index is -0.860. The summed E-state index contributed by atoms with van der Waals surface area (Å²) in [5.74, 6) is 0.121. The second kappa shape index (κ2) is 9.36. The van der Waals surface area contributed by atoms with Crippen LogP contribution in [0, 0.1) is 0 Å². The van der Waals surface area contributed by atoms with E-state index in [0.29, 0.717) is 12.3 Å². The number of aliphatic imine (C=N–C) groups is 2. The Morgan fingerprint density at radius 3 is 2.52 bits per heavy atom. The molecule has 0 aromatic heterocycles. The van der Waals surface area contributed by atoms with Crippen molar-refractivity contribution in [3.05, 3.63) is 54.6 Å². The van der Waals surface area contributed by atoms with Gasteiger partial charge in [-0.25, -0.2) is 4.99 Å². The van der Waals surface area contributed by atoms with Crippen LogP contribution < -0.4 is 26.4 Å². The quantitative estimate of drug-likeness (QED) is 0.438. The van der Waals surface area contributed by atoms with Crippen molar-refractivity contribution in [3.8, 4) is 5.75 Å². The van der Waals surface area contributed by atoms with Crippen molar-refractivity contribution >= 4 is 35.1 Å². The second-order valence-corrected chi connectivity index (χ2v) is 6.16. The van der Waals surface area contributed by atoms with Gasteiger partial charge in [-0.1, -0.05) is 18.2 Å². The fourth-order valence-electron chi connectivity index (χ4n) is 2.63. The van der Waals surface area contributed by atoms with E-state index in [1.807, 2.05) is 37.3 Å². The number of hydrogen-bond donors (Lipinski definition) is 4. The summed E-state index contributed by atoms with van der Waals surface area (Å²) in [4.78, 5) is 32.5. The number of rotatable bonds is 6.